The predicted octanol–water partition coefficient (Wildman–Crippen LogP) is 2.57. The molecule has 4 nitrogen and oxygen atoms in total. The summed E-state index contributed by atoms with van der Waals surface area (Å²) in [6.45, 7) is 2.90. The summed E-state index contributed by atoms with van der Waals surface area (Å²) in [5, 5.41) is 3.44. The first-order valence-corrected chi connectivity index (χ1v) is 8.46. The van der Waals surface area contributed by atoms with Gasteiger partial charge in [-0.3, -0.25) is 0 Å². The van der Waals surface area contributed by atoms with E-state index in [4.69, 9.17) is 15.5 Å². The first-order valence-electron chi connectivity index (χ1n) is 8.46. The molecule has 3 aliphatic rings. The van der Waals surface area contributed by atoms with Gasteiger partial charge in [0.1, 0.15) is 0 Å². The molecule has 0 radical (unpaired) electrons. The molecule has 0 aromatic heterocycles. The monoisotopic (exact) mass is 279 g/mol. The minimum Gasteiger partial charge on any atom is -0.378 e. The molecule has 3 aliphatic carbocycles. The Bertz CT molecular complexity index is 359. The Balaban J connectivity index is 1.55. The highest BCUT2D eigenvalue weighted by molar-refractivity contribution is 5.78. The van der Waals surface area contributed by atoms with Crippen LogP contribution >= 0.6 is 0 Å². The van der Waals surface area contributed by atoms with Gasteiger partial charge >= 0.3 is 0 Å². The highest BCUT2D eigenvalue weighted by atomic mass is 16.5. The van der Waals surface area contributed by atoms with E-state index in [-0.39, 0.29) is 0 Å². The lowest BCUT2D eigenvalue weighted by Gasteiger charge is -2.59. The second-order valence-corrected chi connectivity index (χ2v) is 6.78. The molecular formula is C16H29N3O. The number of rotatable bonds is 4. The van der Waals surface area contributed by atoms with Gasteiger partial charge in [-0.25, -0.2) is 4.99 Å². The van der Waals surface area contributed by atoms with Crippen LogP contribution in [0.2, 0.25) is 0 Å². The molecule has 3 N–H and O–H groups in total. The molecule has 3 saturated carbocycles. The van der Waals surface area contributed by atoms with Gasteiger partial charge < -0.3 is 15.8 Å². The zero-order valence-electron chi connectivity index (χ0n) is 12.7. The first-order chi connectivity index (χ1) is 9.74. The van der Waals surface area contributed by atoms with E-state index in [1.54, 1.807) is 0 Å². The second kappa shape index (κ2) is 5.92. The van der Waals surface area contributed by atoms with Gasteiger partial charge in [-0.1, -0.05) is 25.7 Å². The van der Waals surface area contributed by atoms with Crippen LogP contribution in [0.15, 0.2) is 4.99 Å². The molecule has 20 heavy (non-hydrogen) atoms. The first kappa shape index (κ1) is 14.2. The van der Waals surface area contributed by atoms with E-state index in [0.29, 0.717) is 29.6 Å². The van der Waals surface area contributed by atoms with E-state index < -0.39 is 0 Å². The molecule has 114 valence electrons. The van der Waals surface area contributed by atoms with Gasteiger partial charge in [0.15, 0.2) is 5.96 Å². The Labute approximate surface area is 122 Å². The Morgan fingerprint density at radius 1 is 1.25 bits per heavy atom. The van der Waals surface area contributed by atoms with Gasteiger partial charge in [0.2, 0.25) is 0 Å². The van der Waals surface area contributed by atoms with Crippen LogP contribution in [0.25, 0.3) is 0 Å². The number of nitrogens with zero attached hydrogens (tertiary/aromatic N) is 1. The molecule has 0 saturated heterocycles. The number of nitrogens with one attached hydrogen (secondary N) is 1. The lowest BCUT2D eigenvalue weighted by Crippen LogP contribution is -2.62. The Kier molecular flexibility index (Phi) is 4.20. The topological polar surface area (TPSA) is 59.6 Å². The van der Waals surface area contributed by atoms with Gasteiger partial charge in [0.05, 0.1) is 12.1 Å². The molecule has 3 rings (SSSR count). The Hall–Kier alpha value is -0.770. The van der Waals surface area contributed by atoms with Crippen molar-refractivity contribution in [2.75, 3.05) is 6.61 Å². The summed E-state index contributed by atoms with van der Waals surface area (Å²) in [5.41, 5.74) is 6.46. The summed E-state index contributed by atoms with van der Waals surface area (Å²) in [5.74, 6) is 0.670. The third kappa shape index (κ3) is 2.54. The maximum atomic E-state index is 6.13. The fourth-order valence-electron chi connectivity index (χ4n) is 4.24. The normalized spacial score (nSPS) is 33.5. The molecule has 0 amide bonds. The molecule has 4 heteroatoms. The Morgan fingerprint density at radius 2 is 2.00 bits per heavy atom. The highest BCUT2D eigenvalue weighted by Crippen LogP contribution is 2.58. The van der Waals surface area contributed by atoms with Gasteiger partial charge in [-0.05, 0) is 39.0 Å². The van der Waals surface area contributed by atoms with Crippen LogP contribution in [0, 0.1) is 5.41 Å². The third-order valence-corrected chi connectivity index (χ3v) is 5.65. The molecule has 2 unspecified atom stereocenters. The number of ether oxygens (including phenoxy) is 1. The van der Waals surface area contributed by atoms with Gasteiger partial charge in [0.25, 0.3) is 0 Å². The van der Waals surface area contributed by atoms with E-state index in [9.17, 15) is 0 Å². The highest BCUT2D eigenvalue weighted by Gasteiger charge is 2.59. The van der Waals surface area contributed by atoms with Crippen LogP contribution in [0.3, 0.4) is 0 Å². The summed E-state index contributed by atoms with van der Waals surface area (Å²) in [4.78, 5) is 4.79. The zero-order chi connectivity index (χ0) is 14.0. The fraction of sp³-hybridized carbons (Fsp3) is 0.938. The number of hydrogen-bond donors (Lipinski definition) is 2. The van der Waals surface area contributed by atoms with Crippen molar-refractivity contribution in [1.82, 2.24) is 5.32 Å². The van der Waals surface area contributed by atoms with E-state index in [1.807, 2.05) is 0 Å². The van der Waals surface area contributed by atoms with E-state index >= 15 is 0 Å². The van der Waals surface area contributed by atoms with Crippen LogP contribution < -0.4 is 11.1 Å². The predicted molar refractivity (Wildman–Crippen MR) is 81.7 cm³/mol. The molecule has 0 aromatic rings. The SMILES string of the molecule is CCOC1CC(N=C(N)NC2CCCCC2)C12CCC2. The van der Waals surface area contributed by atoms with Crippen molar-refractivity contribution in [2.24, 2.45) is 16.1 Å². The van der Waals surface area contributed by atoms with Gasteiger partial charge in [0, 0.05) is 18.1 Å². The van der Waals surface area contributed by atoms with Crippen molar-refractivity contribution in [1.29, 1.82) is 0 Å². The average Bonchev–Trinajstić information content (AvgIpc) is 2.36. The van der Waals surface area contributed by atoms with E-state index in [1.165, 1.54) is 51.4 Å². The van der Waals surface area contributed by atoms with Crippen molar-refractivity contribution >= 4 is 5.96 Å². The van der Waals surface area contributed by atoms with Crippen molar-refractivity contribution in [3.8, 4) is 0 Å². The minimum atomic E-state index is 0.328. The van der Waals surface area contributed by atoms with E-state index in [0.717, 1.165) is 13.0 Å². The largest absolute Gasteiger partial charge is 0.378 e. The van der Waals surface area contributed by atoms with Crippen LogP contribution in [0.5, 0.6) is 0 Å². The maximum absolute atomic E-state index is 6.13. The summed E-state index contributed by atoms with van der Waals surface area (Å²) in [6, 6.07) is 0.941. The van der Waals surface area contributed by atoms with Gasteiger partial charge in [-0.15, -0.1) is 0 Å². The second-order valence-electron chi connectivity index (χ2n) is 6.78. The summed E-state index contributed by atoms with van der Waals surface area (Å²) >= 11 is 0. The van der Waals surface area contributed by atoms with Crippen LogP contribution in [0.1, 0.15) is 64.7 Å². The lowest BCUT2D eigenvalue weighted by atomic mass is 9.51. The number of hydrogen-bond acceptors (Lipinski definition) is 2. The number of aliphatic imine (C=N–C) groups is 1. The van der Waals surface area contributed by atoms with E-state index in [2.05, 4.69) is 12.2 Å². The average molecular weight is 279 g/mol. The van der Waals surface area contributed by atoms with Crippen LogP contribution in [0.4, 0.5) is 0 Å². The standard InChI is InChI=1S/C16H29N3O/c1-2-20-14-11-13(16(14)9-6-10-16)19-15(17)18-12-7-4-3-5-8-12/h12-14H,2-11H2,1H3,(H3,17,18,19). The Morgan fingerprint density at radius 3 is 2.60 bits per heavy atom. The summed E-state index contributed by atoms with van der Waals surface area (Å²) in [7, 11) is 0. The fourth-order valence-corrected chi connectivity index (χ4v) is 4.24. The minimum absolute atomic E-state index is 0.328. The molecule has 3 fully saturated rings. The summed E-state index contributed by atoms with van der Waals surface area (Å²) < 4.78 is 5.87. The molecular weight excluding hydrogens is 250 g/mol. The molecule has 0 aromatic carbocycles. The molecule has 1 spiro atoms. The summed E-state index contributed by atoms with van der Waals surface area (Å²) in [6.07, 6.45) is 11.9. The van der Waals surface area contributed by atoms with Crippen LogP contribution in [-0.4, -0.2) is 30.8 Å². The maximum Gasteiger partial charge on any atom is 0.189 e. The molecule has 0 bridgehead atoms. The lowest BCUT2D eigenvalue weighted by molar-refractivity contribution is -0.162. The van der Waals surface area contributed by atoms with Crippen molar-refractivity contribution in [3.05, 3.63) is 0 Å². The zero-order valence-corrected chi connectivity index (χ0v) is 12.7. The van der Waals surface area contributed by atoms with Crippen molar-refractivity contribution in [2.45, 2.75) is 82.9 Å². The third-order valence-electron chi connectivity index (χ3n) is 5.65. The van der Waals surface area contributed by atoms with Crippen molar-refractivity contribution in [3.63, 3.8) is 0 Å². The molecule has 0 heterocycles. The molecule has 0 aliphatic heterocycles. The van der Waals surface area contributed by atoms with Gasteiger partial charge in [-0.2, -0.15) is 0 Å². The quantitative estimate of drug-likeness (QED) is 0.614. The molecule has 2 atom stereocenters. The van der Waals surface area contributed by atoms with Crippen LogP contribution in [-0.2, 0) is 4.74 Å². The number of guanidine groups is 1. The number of nitrogens with two attached hydrogens (primary N) is 1. The van der Waals surface area contributed by atoms with Crippen molar-refractivity contribution < 1.29 is 4.74 Å². The smallest absolute Gasteiger partial charge is 0.189 e.